The maximum Gasteiger partial charge on any atom is 0.414 e. The van der Waals surface area contributed by atoms with Gasteiger partial charge in [-0.1, -0.05) is 55.5 Å². The van der Waals surface area contributed by atoms with Crippen LogP contribution in [-0.4, -0.2) is 26.5 Å². The number of carbonyl (C=O) groups excluding carboxylic acids is 1. The summed E-state index contributed by atoms with van der Waals surface area (Å²) in [6.07, 6.45) is 0.181. The molecule has 1 atom stereocenters. The van der Waals surface area contributed by atoms with Crippen molar-refractivity contribution in [2.75, 3.05) is 24.3 Å². The third-order valence-corrected chi connectivity index (χ3v) is 4.62. The van der Waals surface area contributed by atoms with Gasteiger partial charge in [-0.2, -0.15) is 0 Å². The first-order valence-electron chi connectivity index (χ1n) is 10.1. The zero-order chi connectivity index (χ0) is 21.3. The van der Waals surface area contributed by atoms with Crippen LogP contribution in [0.1, 0.15) is 24.5 Å². The Kier molecular flexibility index (Phi) is 7.33. The number of benzene rings is 3. The normalized spacial score (nSPS) is 11.4. The third-order valence-electron chi connectivity index (χ3n) is 4.62. The molecule has 0 bridgehead atoms. The quantitative estimate of drug-likeness (QED) is 0.489. The van der Waals surface area contributed by atoms with Gasteiger partial charge in [0.05, 0.1) is 0 Å². The highest BCUT2D eigenvalue weighted by molar-refractivity contribution is 5.84. The molecule has 0 saturated heterocycles. The first kappa shape index (κ1) is 21.2. The summed E-state index contributed by atoms with van der Waals surface area (Å²) in [7, 11) is 3.93. The molecule has 0 aromatic heterocycles. The predicted octanol–water partition coefficient (Wildman–Crippen LogP) is 5.71. The fourth-order valence-corrected chi connectivity index (χ4v) is 2.98. The number of nitrogens with one attached hydrogen (secondary N) is 1. The van der Waals surface area contributed by atoms with Gasteiger partial charge in [0.1, 0.15) is 5.75 Å². The molecule has 0 saturated carbocycles. The van der Waals surface area contributed by atoms with Crippen molar-refractivity contribution in [1.29, 1.82) is 0 Å². The number of rotatable bonds is 8. The zero-order valence-corrected chi connectivity index (χ0v) is 17.7. The average Bonchev–Trinajstić information content (AvgIpc) is 2.75. The summed E-state index contributed by atoms with van der Waals surface area (Å²) in [5.74, 6) is 0.658. The fraction of sp³-hybridized carbons (Fsp3) is 0.240. The van der Waals surface area contributed by atoms with Crippen LogP contribution in [-0.2, 0) is 11.2 Å². The van der Waals surface area contributed by atoms with Crippen molar-refractivity contribution in [3.8, 4) is 5.75 Å². The number of nitrogens with zero attached hydrogens (tertiary/aromatic N) is 1. The maximum absolute atomic E-state index is 12.3. The van der Waals surface area contributed by atoms with Gasteiger partial charge < -0.3 is 14.4 Å². The van der Waals surface area contributed by atoms with Gasteiger partial charge in [0.25, 0.3) is 0 Å². The molecule has 5 nitrogen and oxygen atoms in total. The van der Waals surface area contributed by atoms with Crippen molar-refractivity contribution in [1.82, 2.24) is 0 Å². The predicted molar refractivity (Wildman–Crippen MR) is 121 cm³/mol. The van der Waals surface area contributed by atoms with Crippen LogP contribution in [0.2, 0.25) is 0 Å². The van der Waals surface area contributed by atoms with Gasteiger partial charge in [-0.3, -0.25) is 5.32 Å². The van der Waals surface area contributed by atoms with Crippen LogP contribution in [0, 0.1) is 0 Å². The van der Waals surface area contributed by atoms with Gasteiger partial charge >= 0.3 is 6.09 Å². The van der Waals surface area contributed by atoms with E-state index >= 15 is 0 Å². The van der Waals surface area contributed by atoms with Gasteiger partial charge in [-0.05, 0) is 41.8 Å². The van der Waals surface area contributed by atoms with Crippen molar-refractivity contribution in [3.63, 3.8) is 0 Å². The number of hydrogen-bond acceptors (Lipinski definition) is 4. The van der Waals surface area contributed by atoms with Crippen LogP contribution in [0.3, 0.4) is 0 Å². The minimum atomic E-state index is -0.667. The van der Waals surface area contributed by atoms with E-state index in [2.05, 4.69) is 17.4 Å². The molecule has 3 aromatic carbocycles. The van der Waals surface area contributed by atoms with Gasteiger partial charge in [0.15, 0.2) is 0 Å². The smallest absolute Gasteiger partial charge is 0.414 e. The second-order valence-corrected chi connectivity index (χ2v) is 7.24. The van der Waals surface area contributed by atoms with Crippen molar-refractivity contribution < 1.29 is 14.3 Å². The van der Waals surface area contributed by atoms with E-state index in [1.54, 1.807) is 0 Å². The van der Waals surface area contributed by atoms with Crippen molar-refractivity contribution in [2.45, 2.75) is 26.1 Å². The standard InChI is InChI=1S/C25H28N2O3/c1-4-24(29-23-12-8-11-22(18-23)27(2)3)30-25(28)26-21-15-13-20(14-16-21)17-19-9-6-5-7-10-19/h5-16,18,24H,4,17H2,1-3H3,(H,26,28)/t24-/m1/s1. The highest BCUT2D eigenvalue weighted by Crippen LogP contribution is 2.21. The van der Waals surface area contributed by atoms with E-state index in [1.165, 1.54) is 11.1 Å². The molecular weight excluding hydrogens is 376 g/mol. The first-order valence-corrected chi connectivity index (χ1v) is 10.1. The van der Waals surface area contributed by atoms with Crippen molar-refractivity contribution >= 4 is 17.5 Å². The molecule has 0 aliphatic carbocycles. The monoisotopic (exact) mass is 404 g/mol. The summed E-state index contributed by atoms with van der Waals surface area (Å²) in [6, 6.07) is 25.7. The Morgan fingerprint density at radius 3 is 2.30 bits per heavy atom. The second-order valence-electron chi connectivity index (χ2n) is 7.24. The minimum absolute atomic E-state index is 0.537. The number of ether oxygens (including phenoxy) is 2. The van der Waals surface area contributed by atoms with Crippen LogP contribution >= 0.6 is 0 Å². The lowest BCUT2D eigenvalue weighted by molar-refractivity contribution is -0.0282. The molecular formula is C25H28N2O3. The summed E-state index contributed by atoms with van der Waals surface area (Å²) in [5.41, 5.74) is 4.12. The van der Waals surface area contributed by atoms with Gasteiger partial charge in [0.2, 0.25) is 6.29 Å². The molecule has 0 unspecified atom stereocenters. The summed E-state index contributed by atoms with van der Waals surface area (Å²) < 4.78 is 11.3. The first-order chi connectivity index (χ1) is 14.5. The Hall–Kier alpha value is -3.47. The second kappa shape index (κ2) is 10.3. The summed E-state index contributed by atoms with van der Waals surface area (Å²) in [5, 5.41) is 2.76. The van der Waals surface area contributed by atoms with Crippen LogP contribution in [0.5, 0.6) is 5.75 Å². The van der Waals surface area contributed by atoms with Gasteiger partial charge in [-0.15, -0.1) is 0 Å². The number of hydrogen-bond donors (Lipinski definition) is 1. The van der Waals surface area contributed by atoms with Crippen LogP contribution in [0.15, 0.2) is 78.9 Å². The zero-order valence-electron chi connectivity index (χ0n) is 17.7. The lowest BCUT2D eigenvalue weighted by Crippen LogP contribution is -2.26. The summed E-state index contributed by atoms with van der Waals surface area (Å²) in [6.45, 7) is 1.91. The third kappa shape index (κ3) is 6.27. The van der Waals surface area contributed by atoms with E-state index in [9.17, 15) is 4.79 Å². The molecule has 5 heteroatoms. The highest BCUT2D eigenvalue weighted by Gasteiger charge is 2.15. The van der Waals surface area contributed by atoms with E-state index in [4.69, 9.17) is 9.47 Å². The SMILES string of the molecule is CC[C@@H](OC(=O)Nc1ccc(Cc2ccccc2)cc1)Oc1cccc(N(C)C)c1. The molecule has 3 rings (SSSR count). The molecule has 0 fully saturated rings. The van der Waals surface area contributed by atoms with E-state index in [0.717, 1.165) is 12.1 Å². The van der Waals surface area contributed by atoms with E-state index in [0.29, 0.717) is 17.9 Å². The van der Waals surface area contributed by atoms with E-state index < -0.39 is 12.4 Å². The number of anilines is 2. The Morgan fingerprint density at radius 2 is 1.63 bits per heavy atom. The van der Waals surface area contributed by atoms with Crippen molar-refractivity contribution in [3.05, 3.63) is 90.0 Å². The van der Waals surface area contributed by atoms with Crippen LogP contribution < -0.4 is 15.0 Å². The molecule has 1 N–H and O–H groups in total. The Balaban J connectivity index is 1.54. The van der Waals surface area contributed by atoms with Gasteiger partial charge in [0, 0.05) is 38.0 Å². The van der Waals surface area contributed by atoms with Gasteiger partial charge in [-0.25, -0.2) is 4.79 Å². The summed E-state index contributed by atoms with van der Waals surface area (Å²) >= 11 is 0. The molecule has 30 heavy (non-hydrogen) atoms. The lowest BCUT2D eigenvalue weighted by Gasteiger charge is -2.20. The minimum Gasteiger partial charge on any atom is -0.455 e. The molecule has 0 radical (unpaired) electrons. The Morgan fingerprint density at radius 1 is 0.933 bits per heavy atom. The molecule has 0 heterocycles. The number of amides is 1. The van der Waals surface area contributed by atoms with Crippen LogP contribution in [0.4, 0.5) is 16.2 Å². The average molecular weight is 405 g/mol. The number of carbonyl (C=O) groups is 1. The van der Waals surface area contributed by atoms with Crippen LogP contribution in [0.25, 0.3) is 0 Å². The lowest BCUT2D eigenvalue weighted by atomic mass is 10.1. The fourth-order valence-electron chi connectivity index (χ4n) is 2.98. The topological polar surface area (TPSA) is 50.8 Å². The molecule has 1 amide bonds. The molecule has 3 aromatic rings. The van der Waals surface area contributed by atoms with Crippen molar-refractivity contribution in [2.24, 2.45) is 0 Å². The Bertz CT molecular complexity index is 940. The molecule has 0 spiro atoms. The largest absolute Gasteiger partial charge is 0.455 e. The van der Waals surface area contributed by atoms with E-state index in [-0.39, 0.29) is 0 Å². The van der Waals surface area contributed by atoms with E-state index in [1.807, 2.05) is 92.6 Å². The molecule has 156 valence electrons. The molecule has 0 aliphatic heterocycles. The summed E-state index contributed by atoms with van der Waals surface area (Å²) in [4.78, 5) is 14.3. The maximum atomic E-state index is 12.3. The molecule has 0 aliphatic rings. The highest BCUT2D eigenvalue weighted by atomic mass is 16.7. The Labute approximate surface area is 178 Å².